The standard InChI is InChI=1S/C4H4F6/c5-2(3(6)7)1-4(8,9)10/h2-3H,1H2. The first kappa shape index (κ1) is 9.58. The van der Waals surface area contributed by atoms with Crippen LogP contribution in [0.1, 0.15) is 6.42 Å². The van der Waals surface area contributed by atoms with Crippen molar-refractivity contribution < 1.29 is 26.3 Å². The summed E-state index contributed by atoms with van der Waals surface area (Å²) in [6, 6.07) is 0. The second kappa shape index (κ2) is 3.12. The van der Waals surface area contributed by atoms with Gasteiger partial charge in [-0.3, -0.25) is 0 Å². The maximum Gasteiger partial charge on any atom is 0.392 e. The highest BCUT2D eigenvalue weighted by atomic mass is 19.4. The molecule has 6 heteroatoms. The third kappa shape index (κ3) is 4.46. The van der Waals surface area contributed by atoms with Crippen LogP contribution in [0, 0.1) is 0 Å². The summed E-state index contributed by atoms with van der Waals surface area (Å²) < 4.78 is 67.0. The molecule has 0 radical (unpaired) electrons. The zero-order chi connectivity index (χ0) is 8.36. The van der Waals surface area contributed by atoms with Gasteiger partial charge in [-0.15, -0.1) is 0 Å². The Balaban J connectivity index is 3.68. The summed E-state index contributed by atoms with van der Waals surface area (Å²) in [5, 5.41) is 0. The summed E-state index contributed by atoms with van der Waals surface area (Å²) in [4.78, 5) is 0. The quantitative estimate of drug-likeness (QED) is 0.553. The fourth-order valence-electron chi connectivity index (χ4n) is 0.310. The Morgan fingerprint density at radius 3 is 1.50 bits per heavy atom. The van der Waals surface area contributed by atoms with Gasteiger partial charge in [0.25, 0.3) is 6.43 Å². The van der Waals surface area contributed by atoms with Gasteiger partial charge in [0, 0.05) is 0 Å². The van der Waals surface area contributed by atoms with Crippen molar-refractivity contribution in [3.8, 4) is 0 Å². The van der Waals surface area contributed by atoms with Crippen LogP contribution in [-0.2, 0) is 0 Å². The Morgan fingerprint density at radius 2 is 1.40 bits per heavy atom. The molecule has 0 aliphatic heterocycles. The number of hydrogen-bond acceptors (Lipinski definition) is 0. The number of halogens is 6. The highest BCUT2D eigenvalue weighted by Crippen LogP contribution is 2.25. The molecular formula is C4H4F6. The lowest BCUT2D eigenvalue weighted by atomic mass is 10.3. The monoisotopic (exact) mass is 166 g/mol. The van der Waals surface area contributed by atoms with E-state index in [1.165, 1.54) is 0 Å². The van der Waals surface area contributed by atoms with Crippen molar-refractivity contribution in [1.29, 1.82) is 0 Å². The molecule has 1 unspecified atom stereocenters. The topological polar surface area (TPSA) is 0 Å². The van der Waals surface area contributed by atoms with E-state index in [1.54, 1.807) is 0 Å². The van der Waals surface area contributed by atoms with Gasteiger partial charge in [-0.25, -0.2) is 13.2 Å². The molecule has 0 N–H and O–H groups in total. The SMILES string of the molecule is FC(F)C(F)CC(F)(F)F. The third-order valence-electron chi connectivity index (χ3n) is 0.700. The zero-order valence-corrected chi connectivity index (χ0v) is 4.63. The van der Waals surface area contributed by atoms with Crippen LogP contribution in [0.2, 0.25) is 0 Å². The van der Waals surface area contributed by atoms with E-state index in [2.05, 4.69) is 0 Å². The lowest BCUT2D eigenvalue weighted by molar-refractivity contribution is -0.157. The molecule has 0 spiro atoms. The summed E-state index contributed by atoms with van der Waals surface area (Å²) in [7, 11) is 0. The first-order valence-corrected chi connectivity index (χ1v) is 2.32. The molecule has 0 aliphatic carbocycles. The smallest absolute Gasteiger partial charge is 0.241 e. The molecule has 0 amide bonds. The molecule has 0 bridgehead atoms. The van der Waals surface area contributed by atoms with Gasteiger partial charge < -0.3 is 0 Å². The molecule has 62 valence electrons. The predicted molar refractivity (Wildman–Crippen MR) is 21.6 cm³/mol. The van der Waals surface area contributed by atoms with Crippen molar-refractivity contribution >= 4 is 0 Å². The summed E-state index contributed by atoms with van der Waals surface area (Å²) in [6.07, 6.45) is -13.6. The van der Waals surface area contributed by atoms with Crippen molar-refractivity contribution in [2.45, 2.75) is 25.2 Å². The van der Waals surface area contributed by atoms with Crippen molar-refractivity contribution in [3.63, 3.8) is 0 Å². The molecule has 0 aromatic rings. The first-order chi connectivity index (χ1) is 4.33. The molecule has 0 aromatic carbocycles. The Kier molecular flexibility index (Phi) is 2.98. The average Bonchev–Trinajstić information content (AvgIpc) is 1.60. The molecule has 0 saturated carbocycles. The van der Waals surface area contributed by atoms with Crippen LogP contribution in [0.4, 0.5) is 26.3 Å². The van der Waals surface area contributed by atoms with Crippen molar-refractivity contribution in [3.05, 3.63) is 0 Å². The van der Waals surface area contributed by atoms with E-state index in [-0.39, 0.29) is 0 Å². The fraction of sp³-hybridized carbons (Fsp3) is 1.00. The number of rotatable bonds is 2. The van der Waals surface area contributed by atoms with Gasteiger partial charge in [0.2, 0.25) is 0 Å². The van der Waals surface area contributed by atoms with Gasteiger partial charge in [-0.05, 0) is 0 Å². The minimum Gasteiger partial charge on any atom is -0.241 e. The van der Waals surface area contributed by atoms with E-state index in [0.717, 1.165) is 0 Å². The molecular weight excluding hydrogens is 162 g/mol. The molecule has 0 rings (SSSR count). The van der Waals surface area contributed by atoms with Gasteiger partial charge in [0.05, 0.1) is 6.42 Å². The Labute approximate surface area is 52.8 Å². The van der Waals surface area contributed by atoms with Gasteiger partial charge in [-0.1, -0.05) is 0 Å². The highest BCUT2D eigenvalue weighted by molar-refractivity contribution is 4.63. The van der Waals surface area contributed by atoms with Crippen LogP contribution < -0.4 is 0 Å². The predicted octanol–water partition coefficient (Wildman–Crippen LogP) is 2.54. The molecule has 10 heavy (non-hydrogen) atoms. The summed E-state index contributed by atoms with van der Waals surface area (Å²) in [5.74, 6) is 0. The molecule has 1 atom stereocenters. The maximum atomic E-state index is 11.6. The Hall–Kier alpha value is -0.420. The van der Waals surface area contributed by atoms with E-state index < -0.39 is 25.2 Å². The van der Waals surface area contributed by atoms with E-state index in [9.17, 15) is 26.3 Å². The highest BCUT2D eigenvalue weighted by Gasteiger charge is 2.36. The lowest BCUT2D eigenvalue weighted by Crippen LogP contribution is -2.21. The summed E-state index contributed by atoms with van der Waals surface area (Å²) in [5.41, 5.74) is 0. The van der Waals surface area contributed by atoms with Gasteiger partial charge in [0.1, 0.15) is 0 Å². The lowest BCUT2D eigenvalue weighted by Gasteiger charge is -2.08. The Bertz CT molecular complexity index is 94.4. The maximum absolute atomic E-state index is 11.6. The minimum atomic E-state index is -4.85. The zero-order valence-electron chi connectivity index (χ0n) is 4.63. The van der Waals surface area contributed by atoms with Crippen LogP contribution in [0.3, 0.4) is 0 Å². The van der Waals surface area contributed by atoms with Gasteiger partial charge >= 0.3 is 6.18 Å². The van der Waals surface area contributed by atoms with Crippen molar-refractivity contribution in [2.24, 2.45) is 0 Å². The molecule has 0 heterocycles. The number of hydrogen-bond donors (Lipinski definition) is 0. The first-order valence-electron chi connectivity index (χ1n) is 2.32. The van der Waals surface area contributed by atoms with Crippen LogP contribution >= 0.6 is 0 Å². The second-order valence-electron chi connectivity index (χ2n) is 1.67. The largest absolute Gasteiger partial charge is 0.392 e. The normalized spacial score (nSPS) is 15.9. The van der Waals surface area contributed by atoms with Crippen LogP contribution in [-0.4, -0.2) is 18.8 Å². The fourth-order valence-corrected chi connectivity index (χ4v) is 0.310. The summed E-state index contributed by atoms with van der Waals surface area (Å²) >= 11 is 0. The number of alkyl halides is 6. The van der Waals surface area contributed by atoms with Crippen molar-refractivity contribution in [2.75, 3.05) is 0 Å². The third-order valence-corrected chi connectivity index (χ3v) is 0.700. The Morgan fingerprint density at radius 1 is 1.00 bits per heavy atom. The van der Waals surface area contributed by atoms with E-state index in [0.29, 0.717) is 0 Å². The van der Waals surface area contributed by atoms with Crippen LogP contribution in [0.5, 0.6) is 0 Å². The van der Waals surface area contributed by atoms with Gasteiger partial charge in [0.15, 0.2) is 6.17 Å². The average molecular weight is 166 g/mol. The van der Waals surface area contributed by atoms with E-state index in [4.69, 9.17) is 0 Å². The molecule has 0 fully saturated rings. The molecule has 0 nitrogen and oxygen atoms in total. The van der Waals surface area contributed by atoms with Gasteiger partial charge in [-0.2, -0.15) is 13.2 Å². The second-order valence-corrected chi connectivity index (χ2v) is 1.67. The molecule has 0 aliphatic rings. The minimum absolute atomic E-state index is 2.08. The van der Waals surface area contributed by atoms with E-state index in [1.807, 2.05) is 0 Å². The van der Waals surface area contributed by atoms with Crippen molar-refractivity contribution in [1.82, 2.24) is 0 Å². The van der Waals surface area contributed by atoms with Crippen LogP contribution in [0.15, 0.2) is 0 Å². The van der Waals surface area contributed by atoms with E-state index >= 15 is 0 Å². The van der Waals surface area contributed by atoms with Crippen LogP contribution in [0.25, 0.3) is 0 Å². The molecule has 0 aromatic heterocycles. The molecule has 0 saturated heterocycles. The summed E-state index contributed by atoms with van der Waals surface area (Å²) in [6.45, 7) is 0.